The summed E-state index contributed by atoms with van der Waals surface area (Å²) in [6.45, 7) is 5.51. The Labute approximate surface area is 186 Å². The van der Waals surface area contributed by atoms with Gasteiger partial charge in [-0.1, -0.05) is 0 Å². The molecule has 1 atom stereocenters. The third kappa shape index (κ3) is 5.27. The second-order valence-electron chi connectivity index (χ2n) is 8.67. The summed E-state index contributed by atoms with van der Waals surface area (Å²) in [5.74, 6) is -0.232. The quantitative estimate of drug-likeness (QED) is 0.452. The molecule has 0 saturated carbocycles. The Kier molecular flexibility index (Phi) is 6.15. The van der Waals surface area contributed by atoms with Gasteiger partial charge in [-0.25, -0.2) is 9.97 Å². The van der Waals surface area contributed by atoms with Crippen LogP contribution in [0.1, 0.15) is 37.2 Å². The van der Waals surface area contributed by atoms with Crippen molar-refractivity contribution >= 4 is 11.7 Å². The summed E-state index contributed by atoms with van der Waals surface area (Å²) in [5.41, 5.74) is 7.98. The molecular formula is C22H28N8O2. The number of piperidine rings is 1. The number of rotatable bonds is 6. The molecule has 1 amide bonds. The van der Waals surface area contributed by atoms with Gasteiger partial charge in [0, 0.05) is 36.1 Å². The molecule has 1 unspecified atom stereocenters. The van der Waals surface area contributed by atoms with Gasteiger partial charge in [-0.15, -0.1) is 0 Å². The number of nitrogens with two attached hydrogens (primary N) is 1. The van der Waals surface area contributed by atoms with E-state index in [0.29, 0.717) is 17.9 Å². The highest BCUT2D eigenvalue weighted by molar-refractivity contribution is 5.97. The fourth-order valence-corrected chi connectivity index (χ4v) is 3.66. The number of carbonyl (C=O) groups excluding carboxylic acids is 1. The topological polar surface area (TPSA) is 144 Å². The Bertz CT molecular complexity index is 1100. The minimum Gasteiger partial charge on any atom is -0.389 e. The second-order valence-corrected chi connectivity index (χ2v) is 8.67. The Balaban J connectivity index is 1.56. The van der Waals surface area contributed by atoms with E-state index in [0.717, 1.165) is 37.1 Å². The molecule has 0 radical (unpaired) electrons. The van der Waals surface area contributed by atoms with Crippen molar-refractivity contribution in [3.05, 3.63) is 42.6 Å². The predicted molar refractivity (Wildman–Crippen MR) is 121 cm³/mol. The monoisotopic (exact) mass is 436 g/mol. The van der Waals surface area contributed by atoms with Crippen LogP contribution in [0.25, 0.3) is 22.5 Å². The lowest BCUT2D eigenvalue weighted by Gasteiger charge is -2.23. The van der Waals surface area contributed by atoms with Gasteiger partial charge in [-0.2, -0.15) is 5.10 Å². The highest BCUT2D eigenvalue weighted by atomic mass is 16.3. The number of pyridine rings is 1. The smallest absolute Gasteiger partial charge is 0.274 e. The number of nitrogen functional groups attached to an aromatic ring is 1. The van der Waals surface area contributed by atoms with E-state index in [9.17, 15) is 9.90 Å². The van der Waals surface area contributed by atoms with Crippen molar-refractivity contribution in [1.82, 2.24) is 35.4 Å². The van der Waals surface area contributed by atoms with Crippen LogP contribution < -0.4 is 16.4 Å². The Morgan fingerprint density at radius 2 is 2.16 bits per heavy atom. The Morgan fingerprint density at radius 3 is 2.91 bits per heavy atom. The predicted octanol–water partition coefficient (Wildman–Crippen LogP) is 1.24. The zero-order chi connectivity index (χ0) is 22.7. The maximum absolute atomic E-state index is 12.8. The first-order valence-electron chi connectivity index (χ1n) is 10.6. The average molecular weight is 437 g/mol. The van der Waals surface area contributed by atoms with Crippen LogP contribution in [0.3, 0.4) is 0 Å². The summed E-state index contributed by atoms with van der Waals surface area (Å²) in [5, 5.41) is 20.6. The van der Waals surface area contributed by atoms with Crippen LogP contribution in [0.2, 0.25) is 0 Å². The van der Waals surface area contributed by atoms with E-state index in [2.05, 4.69) is 30.7 Å². The van der Waals surface area contributed by atoms with Crippen molar-refractivity contribution in [2.24, 2.45) is 0 Å². The molecule has 1 aliphatic rings. The molecule has 32 heavy (non-hydrogen) atoms. The molecule has 10 heteroatoms. The van der Waals surface area contributed by atoms with Gasteiger partial charge in [0.25, 0.3) is 5.91 Å². The Morgan fingerprint density at radius 1 is 1.31 bits per heavy atom. The van der Waals surface area contributed by atoms with Gasteiger partial charge >= 0.3 is 0 Å². The molecule has 10 nitrogen and oxygen atoms in total. The van der Waals surface area contributed by atoms with E-state index >= 15 is 0 Å². The molecule has 0 aromatic carbocycles. The summed E-state index contributed by atoms with van der Waals surface area (Å²) in [4.78, 5) is 25.9. The number of aromatic nitrogens is 5. The molecule has 3 aromatic heterocycles. The van der Waals surface area contributed by atoms with Crippen LogP contribution in [-0.4, -0.2) is 60.5 Å². The van der Waals surface area contributed by atoms with E-state index in [1.807, 2.05) is 12.3 Å². The van der Waals surface area contributed by atoms with Gasteiger partial charge in [-0.05, 0) is 45.4 Å². The lowest BCUT2D eigenvalue weighted by Crippen LogP contribution is -2.46. The zero-order valence-corrected chi connectivity index (χ0v) is 18.2. The molecule has 0 bridgehead atoms. The van der Waals surface area contributed by atoms with Crippen LogP contribution in [0, 0.1) is 0 Å². The molecule has 4 rings (SSSR count). The highest BCUT2D eigenvalue weighted by Gasteiger charge is 2.20. The van der Waals surface area contributed by atoms with Gasteiger partial charge < -0.3 is 21.5 Å². The molecule has 5 N–H and O–H groups in total. The van der Waals surface area contributed by atoms with Crippen LogP contribution >= 0.6 is 0 Å². The van der Waals surface area contributed by atoms with Crippen molar-refractivity contribution in [2.45, 2.75) is 44.9 Å². The maximum atomic E-state index is 12.8. The van der Waals surface area contributed by atoms with Crippen LogP contribution in [0.5, 0.6) is 0 Å². The molecule has 0 spiro atoms. The van der Waals surface area contributed by atoms with Gasteiger partial charge in [0.2, 0.25) is 0 Å². The highest BCUT2D eigenvalue weighted by Crippen LogP contribution is 2.24. The number of anilines is 1. The number of amides is 1. The lowest BCUT2D eigenvalue weighted by atomic mass is 10.1. The maximum Gasteiger partial charge on any atom is 0.274 e. The van der Waals surface area contributed by atoms with Crippen molar-refractivity contribution in [3.8, 4) is 22.5 Å². The lowest BCUT2D eigenvalue weighted by molar-refractivity contribution is 0.0577. The van der Waals surface area contributed by atoms with Crippen molar-refractivity contribution in [3.63, 3.8) is 0 Å². The first kappa shape index (κ1) is 21.8. The van der Waals surface area contributed by atoms with Crippen LogP contribution in [-0.2, 0) is 6.54 Å². The fraction of sp³-hybridized carbons (Fsp3) is 0.409. The molecule has 168 valence electrons. The summed E-state index contributed by atoms with van der Waals surface area (Å²) in [7, 11) is 0. The van der Waals surface area contributed by atoms with E-state index in [-0.39, 0.29) is 23.5 Å². The molecule has 1 saturated heterocycles. The number of carbonyl (C=O) groups is 1. The molecule has 4 heterocycles. The normalized spacial score (nSPS) is 16.7. The third-order valence-corrected chi connectivity index (χ3v) is 5.18. The summed E-state index contributed by atoms with van der Waals surface area (Å²) in [6, 6.07) is 3.71. The third-order valence-electron chi connectivity index (χ3n) is 5.18. The number of nitrogens with zero attached hydrogens (tertiary/aromatic N) is 5. The van der Waals surface area contributed by atoms with Gasteiger partial charge in [-0.3, -0.25) is 14.5 Å². The summed E-state index contributed by atoms with van der Waals surface area (Å²) < 4.78 is 1.68. The van der Waals surface area contributed by atoms with Gasteiger partial charge in [0.15, 0.2) is 11.5 Å². The molecule has 0 aliphatic carbocycles. The first-order chi connectivity index (χ1) is 15.3. The number of hydrogen-bond acceptors (Lipinski definition) is 8. The SMILES string of the molecule is CC(C)(O)Cn1cc(-c2cc(-c3cnc(N)c(C(=O)NC4CCCNC4)n3)ccn2)cn1. The van der Waals surface area contributed by atoms with Crippen molar-refractivity contribution in [1.29, 1.82) is 0 Å². The van der Waals surface area contributed by atoms with E-state index in [4.69, 9.17) is 5.73 Å². The fourth-order valence-electron chi connectivity index (χ4n) is 3.66. The van der Waals surface area contributed by atoms with Gasteiger partial charge in [0.1, 0.15) is 0 Å². The second kappa shape index (κ2) is 9.01. The average Bonchev–Trinajstić information content (AvgIpc) is 3.21. The van der Waals surface area contributed by atoms with Crippen molar-refractivity contribution < 1.29 is 9.90 Å². The zero-order valence-electron chi connectivity index (χ0n) is 18.2. The van der Waals surface area contributed by atoms with Crippen LogP contribution in [0.4, 0.5) is 5.82 Å². The summed E-state index contributed by atoms with van der Waals surface area (Å²) in [6.07, 6.45) is 8.67. The molecule has 3 aromatic rings. The first-order valence-corrected chi connectivity index (χ1v) is 10.6. The molecular weight excluding hydrogens is 408 g/mol. The standard InChI is InChI=1S/C22H28N8O2/c1-22(2,32)13-30-12-15(9-27-30)17-8-14(5-7-25-17)18-11-26-20(23)19(29-18)21(31)28-16-4-3-6-24-10-16/h5,7-9,11-12,16,24,32H,3-4,6,10,13H2,1-2H3,(H2,23,26)(H,28,31). The molecule has 1 fully saturated rings. The number of nitrogens with one attached hydrogen (secondary N) is 2. The minimum absolute atomic E-state index is 0.0501. The van der Waals surface area contributed by atoms with Crippen LogP contribution in [0.15, 0.2) is 36.9 Å². The number of hydrogen-bond donors (Lipinski definition) is 4. The van der Waals surface area contributed by atoms with Gasteiger partial charge in [0.05, 0.1) is 35.9 Å². The van der Waals surface area contributed by atoms with E-state index < -0.39 is 5.60 Å². The van der Waals surface area contributed by atoms with Crippen molar-refractivity contribution in [2.75, 3.05) is 18.8 Å². The summed E-state index contributed by atoms with van der Waals surface area (Å²) >= 11 is 0. The van der Waals surface area contributed by atoms with E-state index in [1.165, 1.54) is 0 Å². The Hall–Kier alpha value is -3.37. The number of aliphatic hydroxyl groups is 1. The molecule has 1 aliphatic heterocycles. The van der Waals surface area contributed by atoms with E-state index in [1.54, 1.807) is 43.2 Å². The largest absolute Gasteiger partial charge is 0.389 e. The minimum atomic E-state index is -0.872.